The number of carbonyl (C=O) groups excluding carboxylic acids is 1. The van der Waals surface area contributed by atoms with Crippen LogP contribution in [0.2, 0.25) is 0 Å². The van der Waals surface area contributed by atoms with Crippen molar-refractivity contribution in [1.29, 1.82) is 0 Å². The molecule has 0 radical (unpaired) electrons. The fourth-order valence-electron chi connectivity index (χ4n) is 4.37. The van der Waals surface area contributed by atoms with Crippen LogP contribution in [0.3, 0.4) is 0 Å². The molecular weight excluding hydrogens is 348 g/mol. The van der Waals surface area contributed by atoms with Crippen LogP contribution in [-0.2, 0) is 9.53 Å². The molecule has 0 aromatic carbocycles. The van der Waals surface area contributed by atoms with Gasteiger partial charge in [0.2, 0.25) is 0 Å². The Hall–Kier alpha value is -1.53. The highest BCUT2D eigenvalue weighted by molar-refractivity contribution is 5.69. The predicted molar refractivity (Wildman–Crippen MR) is 117 cm³/mol. The summed E-state index contributed by atoms with van der Waals surface area (Å²) < 4.78 is 4.69. The van der Waals surface area contributed by atoms with E-state index in [-0.39, 0.29) is 11.9 Å². The summed E-state index contributed by atoms with van der Waals surface area (Å²) in [6.45, 7) is 7.90. The van der Waals surface area contributed by atoms with Crippen LogP contribution in [0.25, 0.3) is 0 Å². The van der Waals surface area contributed by atoms with Crippen molar-refractivity contribution in [2.75, 3.05) is 7.11 Å². The largest absolute Gasteiger partial charge is 0.469 e. The highest BCUT2D eigenvalue weighted by Gasteiger charge is 2.39. The molecule has 0 aliphatic heterocycles. The molecule has 3 nitrogen and oxygen atoms in total. The number of aliphatic hydroxyl groups excluding tert-OH is 1. The molecular formula is C25H40O3. The van der Waals surface area contributed by atoms with Crippen LogP contribution in [-0.4, -0.2) is 24.3 Å². The number of unbranched alkanes of at least 4 members (excludes halogenated alkanes) is 1. The first-order valence-corrected chi connectivity index (χ1v) is 11.1. The number of hydrogen-bond acceptors (Lipinski definition) is 3. The quantitative estimate of drug-likeness (QED) is 0.252. The van der Waals surface area contributed by atoms with Gasteiger partial charge >= 0.3 is 5.97 Å². The standard InChI is InChI=1S/C23H34O3.C2H6/c1-4-5-8-17(2)22(24)14-13-19-11-12-20-15-18(16-21(19)20)9-6-7-10-23(25)26-3;1-2/h9,13-14,17,19-22,24H,6-8,10-12,15-16H2,1-3H3;1-2H3/b14-13+,18-9+;. The van der Waals surface area contributed by atoms with Crippen LogP contribution < -0.4 is 0 Å². The third-order valence-electron chi connectivity index (χ3n) is 6.03. The zero-order chi connectivity index (χ0) is 20.9. The molecule has 5 atom stereocenters. The predicted octanol–water partition coefficient (Wildman–Crippen LogP) is 5.69. The monoisotopic (exact) mass is 388 g/mol. The molecule has 0 aromatic heterocycles. The van der Waals surface area contributed by atoms with E-state index in [1.165, 1.54) is 32.8 Å². The van der Waals surface area contributed by atoms with Crippen molar-refractivity contribution < 1.29 is 14.6 Å². The summed E-state index contributed by atoms with van der Waals surface area (Å²) >= 11 is 0. The lowest BCUT2D eigenvalue weighted by atomic mass is 9.90. The number of fused-ring (bicyclic) bond motifs is 1. The molecule has 28 heavy (non-hydrogen) atoms. The maximum Gasteiger partial charge on any atom is 0.305 e. The van der Waals surface area contributed by atoms with Gasteiger partial charge in [-0.15, -0.1) is 11.8 Å². The maximum absolute atomic E-state index is 11.2. The Morgan fingerprint density at radius 1 is 1.32 bits per heavy atom. The van der Waals surface area contributed by atoms with E-state index in [4.69, 9.17) is 0 Å². The van der Waals surface area contributed by atoms with E-state index in [9.17, 15) is 9.90 Å². The second kappa shape index (κ2) is 13.6. The average Bonchev–Trinajstić information content (AvgIpc) is 3.29. The number of carbonyl (C=O) groups is 1. The van der Waals surface area contributed by atoms with Gasteiger partial charge in [-0.3, -0.25) is 4.79 Å². The Morgan fingerprint density at radius 3 is 2.75 bits per heavy atom. The lowest BCUT2D eigenvalue weighted by molar-refractivity contribution is -0.140. The molecule has 0 spiro atoms. The van der Waals surface area contributed by atoms with E-state index in [1.807, 2.05) is 26.8 Å². The third-order valence-corrected chi connectivity index (χ3v) is 6.03. The molecule has 2 aliphatic carbocycles. The zero-order valence-corrected chi connectivity index (χ0v) is 18.5. The first-order valence-electron chi connectivity index (χ1n) is 11.1. The molecule has 2 fully saturated rings. The number of allylic oxidation sites excluding steroid dienone is 3. The summed E-state index contributed by atoms with van der Waals surface area (Å²) in [4.78, 5) is 11.2. The highest BCUT2D eigenvalue weighted by atomic mass is 16.5. The summed E-state index contributed by atoms with van der Waals surface area (Å²) in [6.07, 6.45) is 14.3. The molecule has 0 heterocycles. The smallest absolute Gasteiger partial charge is 0.305 e. The van der Waals surface area contributed by atoms with Gasteiger partial charge in [0, 0.05) is 12.8 Å². The van der Waals surface area contributed by atoms with E-state index < -0.39 is 6.10 Å². The van der Waals surface area contributed by atoms with Crippen molar-refractivity contribution in [2.24, 2.45) is 23.7 Å². The average molecular weight is 389 g/mol. The van der Waals surface area contributed by atoms with Gasteiger partial charge in [-0.1, -0.05) is 44.6 Å². The number of hydrogen-bond donors (Lipinski definition) is 1. The molecule has 158 valence electrons. The van der Waals surface area contributed by atoms with Gasteiger partial charge in [0.25, 0.3) is 0 Å². The first-order chi connectivity index (χ1) is 13.5. The lowest BCUT2D eigenvalue weighted by Gasteiger charge is -2.17. The second-order valence-electron chi connectivity index (χ2n) is 7.89. The number of esters is 1. The van der Waals surface area contributed by atoms with Crippen LogP contribution in [0.1, 0.15) is 79.1 Å². The van der Waals surface area contributed by atoms with Crippen LogP contribution in [0, 0.1) is 35.5 Å². The van der Waals surface area contributed by atoms with Crippen LogP contribution in [0.5, 0.6) is 0 Å². The second-order valence-corrected chi connectivity index (χ2v) is 7.89. The van der Waals surface area contributed by atoms with Gasteiger partial charge in [-0.2, -0.15) is 0 Å². The fourth-order valence-corrected chi connectivity index (χ4v) is 4.37. The fraction of sp³-hybridized carbons (Fsp3) is 0.720. The minimum absolute atomic E-state index is 0.116. The molecule has 0 aromatic rings. The number of rotatable bonds is 8. The van der Waals surface area contributed by atoms with Crippen molar-refractivity contribution in [2.45, 2.75) is 85.2 Å². The van der Waals surface area contributed by atoms with E-state index in [1.54, 1.807) is 5.57 Å². The van der Waals surface area contributed by atoms with E-state index in [2.05, 4.69) is 35.7 Å². The molecule has 2 saturated carbocycles. The van der Waals surface area contributed by atoms with Gasteiger partial charge in [-0.25, -0.2) is 0 Å². The maximum atomic E-state index is 11.2. The minimum Gasteiger partial charge on any atom is -0.469 e. The summed E-state index contributed by atoms with van der Waals surface area (Å²) in [7, 11) is 1.45. The van der Waals surface area contributed by atoms with Crippen molar-refractivity contribution in [3.63, 3.8) is 0 Å². The van der Waals surface area contributed by atoms with Gasteiger partial charge < -0.3 is 9.84 Å². The molecule has 2 aliphatic rings. The van der Waals surface area contributed by atoms with Crippen LogP contribution in [0.4, 0.5) is 0 Å². The normalized spacial score (nSPS) is 26.8. The summed E-state index contributed by atoms with van der Waals surface area (Å²) in [5, 5.41) is 10.3. The minimum atomic E-state index is -0.398. The molecule has 2 rings (SSSR count). The van der Waals surface area contributed by atoms with Gasteiger partial charge in [0.15, 0.2) is 0 Å². The number of methoxy groups -OCH3 is 1. The van der Waals surface area contributed by atoms with Gasteiger partial charge in [0.05, 0.1) is 13.2 Å². The lowest BCUT2D eigenvalue weighted by Crippen LogP contribution is -2.15. The Kier molecular flexibility index (Phi) is 11.9. The van der Waals surface area contributed by atoms with Crippen LogP contribution in [0.15, 0.2) is 23.8 Å². The summed E-state index contributed by atoms with van der Waals surface area (Å²) in [6, 6.07) is 0. The van der Waals surface area contributed by atoms with Crippen molar-refractivity contribution >= 4 is 5.97 Å². The van der Waals surface area contributed by atoms with Crippen molar-refractivity contribution in [1.82, 2.24) is 0 Å². The van der Waals surface area contributed by atoms with Crippen molar-refractivity contribution in [3.05, 3.63) is 23.8 Å². The van der Waals surface area contributed by atoms with Gasteiger partial charge in [0.1, 0.15) is 0 Å². The van der Waals surface area contributed by atoms with Gasteiger partial charge in [-0.05, 0) is 69.1 Å². The Balaban J connectivity index is 0.00000190. The molecule has 3 heteroatoms. The van der Waals surface area contributed by atoms with Crippen molar-refractivity contribution in [3.8, 4) is 11.8 Å². The zero-order valence-electron chi connectivity index (χ0n) is 18.5. The Bertz CT molecular complexity index is 578. The SMILES string of the molecule is CC.CC#CCC(C)C(O)/C=C/C1CCC2C/C(=C\CCCC(=O)OC)CC12. The van der Waals surface area contributed by atoms with Crippen LogP contribution >= 0.6 is 0 Å². The Labute approximate surface area is 172 Å². The first kappa shape index (κ1) is 24.5. The molecule has 0 saturated heterocycles. The van der Waals surface area contributed by atoms with E-state index >= 15 is 0 Å². The Morgan fingerprint density at radius 2 is 2.07 bits per heavy atom. The molecule has 5 unspecified atom stereocenters. The number of ether oxygens (including phenoxy) is 1. The highest BCUT2D eigenvalue weighted by Crippen LogP contribution is 2.50. The van der Waals surface area contributed by atoms with E-state index in [0.717, 1.165) is 31.1 Å². The third kappa shape index (κ3) is 7.84. The molecule has 0 amide bonds. The molecule has 0 bridgehead atoms. The summed E-state index contributed by atoms with van der Waals surface area (Å²) in [5.41, 5.74) is 1.56. The topological polar surface area (TPSA) is 46.5 Å². The molecule has 1 N–H and O–H groups in total. The van der Waals surface area contributed by atoms with E-state index in [0.29, 0.717) is 12.3 Å². The summed E-state index contributed by atoms with van der Waals surface area (Å²) in [5.74, 6) is 8.15. The number of aliphatic hydroxyl groups is 1.